The van der Waals surface area contributed by atoms with Crippen LogP contribution in [0, 0.1) is 6.92 Å². The number of rotatable bonds is 7. The van der Waals surface area contributed by atoms with Crippen molar-refractivity contribution in [3.63, 3.8) is 0 Å². The summed E-state index contributed by atoms with van der Waals surface area (Å²) in [5.74, 6) is -0.649. The highest BCUT2D eigenvalue weighted by atomic mass is 19.4. The number of aromatic amines is 1. The third kappa shape index (κ3) is 5.42. The standard InChI is InChI=1S/C29H25F3N4O3/c1-16-3-2-4-22(25(16)17-5-7-19(8-6-17)29(30,31)32)28(38)39-20-9-10-21-18(13-20)14-23(26(21)27(33)37)36-15-24-34-11-12-35-24/h2-13,23,26,36H,14-15H2,1H3,(H2,33,37)(H,34,35). The Bertz CT molecular complexity index is 1520. The first-order chi connectivity index (χ1) is 18.6. The highest BCUT2D eigenvalue weighted by Gasteiger charge is 2.36. The van der Waals surface area contributed by atoms with Crippen LogP contribution in [0.1, 0.15) is 44.4 Å². The Morgan fingerprint density at radius 3 is 2.56 bits per heavy atom. The quantitative estimate of drug-likeness (QED) is 0.231. The molecule has 0 spiro atoms. The van der Waals surface area contributed by atoms with Crippen LogP contribution in [0.15, 0.2) is 73.1 Å². The van der Waals surface area contributed by atoms with E-state index in [1.807, 2.05) is 0 Å². The number of aryl methyl sites for hydroxylation is 1. The van der Waals surface area contributed by atoms with Crippen LogP contribution in [0.3, 0.4) is 0 Å². The Labute approximate surface area is 222 Å². The number of carbonyl (C=O) groups is 2. The van der Waals surface area contributed by atoms with Gasteiger partial charge in [0.15, 0.2) is 0 Å². The molecule has 0 bridgehead atoms. The molecule has 1 aromatic heterocycles. The van der Waals surface area contributed by atoms with E-state index in [2.05, 4.69) is 15.3 Å². The fourth-order valence-corrected chi connectivity index (χ4v) is 5.07. The number of imidazole rings is 1. The van der Waals surface area contributed by atoms with Crippen LogP contribution in [0.4, 0.5) is 13.2 Å². The van der Waals surface area contributed by atoms with Gasteiger partial charge in [0.25, 0.3) is 0 Å². The zero-order valence-electron chi connectivity index (χ0n) is 20.9. The molecule has 10 heteroatoms. The largest absolute Gasteiger partial charge is 0.423 e. The highest BCUT2D eigenvalue weighted by Crippen LogP contribution is 2.37. The third-order valence-electron chi connectivity index (χ3n) is 6.89. The number of hydrogen-bond donors (Lipinski definition) is 3. The van der Waals surface area contributed by atoms with Gasteiger partial charge in [-0.05, 0) is 71.5 Å². The Balaban J connectivity index is 1.37. The predicted octanol–water partition coefficient (Wildman–Crippen LogP) is 4.91. The van der Waals surface area contributed by atoms with Gasteiger partial charge in [0, 0.05) is 18.4 Å². The zero-order chi connectivity index (χ0) is 27.7. The monoisotopic (exact) mass is 534 g/mol. The maximum absolute atomic E-state index is 13.3. The van der Waals surface area contributed by atoms with Crippen LogP contribution in [-0.2, 0) is 23.9 Å². The lowest BCUT2D eigenvalue weighted by Gasteiger charge is -2.18. The van der Waals surface area contributed by atoms with Gasteiger partial charge in [0.05, 0.1) is 23.6 Å². The minimum absolute atomic E-state index is 0.225. The highest BCUT2D eigenvalue weighted by molar-refractivity contribution is 5.99. The average Bonchev–Trinajstić information content (AvgIpc) is 3.54. The third-order valence-corrected chi connectivity index (χ3v) is 6.89. The first-order valence-electron chi connectivity index (χ1n) is 12.2. The Kier molecular flexibility index (Phi) is 6.96. The van der Waals surface area contributed by atoms with Crippen LogP contribution in [-0.4, -0.2) is 27.9 Å². The first-order valence-corrected chi connectivity index (χ1v) is 12.2. The van der Waals surface area contributed by atoms with Gasteiger partial charge in [0.2, 0.25) is 5.91 Å². The van der Waals surface area contributed by atoms with Crippen molar-refractivity contribution in [2.45, 2.75) is 38.0 Å². The van der Waals surface area contributed by atoms with Crippen LogP contribution in [0.25, 0.3) is 11.1 Å². The van der Waals surface area contributed by atoms with E-state index in [0.29, 0.717) is 29.7 Å². The maximum atomic E-state index is 13.3. The summed E-state index contributed by atoms with van der Waals surface area (Å²) in [5, 5.41) is 3.32. The summed E-state index contributed by atoms with van der Waals surface area (Å²) >= 11 is 0. The number of H-pyrrole nitrogens is 1. The van der Waals surface area contributed by atoms with Crippen molar-refractivity contribution in [1.82, 2.24) is 15.3 Å². The van der Waals surface area contributed by atoms with Crippen LogP contribution in [0.5, 0.6) is 5.75 Å². The summed E-state index contributed by atoms with van der Waals surface area (Å²) in [6, 6.07) is 14.5. The number of alkyl halides is 3. The van der Waals surface area contributed by atoms with Gasteiger partial charge in [-0.2, -0.15) is 13.2 Å². The molecule has 3 aromatic carbocycles. The number of amides is 1. The summed E-state index contributed by atoms with van der Waals surface area (Å²) in [6.45, 7) is 2.20. The van der Waals surface area contributed by atoms with Crippen LogP contribution < -0.4 is 15.8 Å². The molecule has 4 N–H and O–H groups in total. The number of fused-ring (bicyclic) bond motifs is 1. The SMILES string of the molecule is Cc1cccc(C(=O)Oc2ccc3c(c2)CC(NCc2ncc[nH]2)C3C(N)=O)c1-c1ccc(C(F)(F)F)cc1. The number of esters is 1. The molecule has 5 rings (SSSR count). The van der Waals surface area contributed by atoms with Crippen molar-refractivity contribution in [3.8, 4) is 16.9 Å². The molecular weight excluding hydrogens is 509 g/mol. The lowest BCUT2D eigenvalue weighted by Crippen LogP contribution is -2.38. The fraction of sp³-hybridized carbons (Fsp3) is 0.207. The van der Waals surface area contributed by atoms with E-state index in [1.54, 1.807) is 55.7 Å². The van der Waals surface area contributed by atoms with Gasteiger partial charge >= 0.3 is 12.1 Å². The molecule has 0 saturated carbocycles. The number of nitrogens with one attached hydrogen (secondary N) is 2. The van der Waals surface area contributed by atoms with E-state index < -0.39 is 29.5 Å². The average molecular weight is 535 g/mol. The molecule has 0 saturated heterocycles. The van der Waals surface area contributed by atoms with Crippen LogP contribution >= 0.6 is 0 Å². The summed E-state index contributed by atoms with van der Waals surface area (Å²) in [6.07, 6.45) is -0.607. The molecule has 2 atom stereocenters. The number of hydrogen-bond acceptors (Lipinski definition) is 5. The normalized spacial score (nSPS) is 16.6. The van der Waals surface area contributed by atoms with Crippen molar-refractivity contribution in [2.24, 2.45) is 5.73 Å². The van der Waals surface area contributed by atoms with E-state index in [-0.39, 0.29) is 17.4 Å². The second-order valence-electron chi connectivity index (χ2n) is 9.43. The van der Waals surface area contributed by atoms with E-state index in [4.69, 9.17) is 10.5 Å². The lowest BCUT2D eigenvalue weighted by atomic mass is 9.94. The van der Waals surface area contributed by atoms with E-state index in [0.717, 1.165) is 29.1 Å². The summed E-state index contributed by atoms with van der Waals surface area (Å²) in [4.78, 5) is 32.7. The molecule has 1 heterocycles. The zero-order valence-corrected chi connectivity index (χ0v) is 20.9. The van der Waals surface area contributed by atoms with E-state index >= 15 is 0 Å². The summed E-state index contributed by atoms with van der Waals surface area (Å²) < 4.78 is 44.8. The number of halogens is 3. The topological polar surface area (TPSA) is 110 Å². The van der Waals surface area contributed by atoms with Gasteiger partial charge in [-0.3, -0.25) is 4.79 Å². The van der Waals surface area contributed by atoms with E-state index in [1.165, 1.54) is 12.1 Å². The smallest absolute Gasteiger partial charge is 0.416 e. The molecule has 39 heavy (non-hydrogen) atoms. The van der Waals surface area contributed by atoms with Crippen LogP contribution in [0.2, 0.25) is 0 Å². The summed E-state index contributed by atoms with van der Waals surface area (Å²) in [5.41, 5.74) is 8.44. The first kappa shape index (κ1) is 26.2. The maximum Gasteiger partial charge on any atom is 0.416 e. The molecule has 0 fully saturated rings. The molecule has 1 aliphatic carbocycles. The lowest BCUT2D eigenvalue weighted by molar-refractivity contribution is -0.137. The molecule has 2 unspecified atom stereocenters. The number of ether oxygens (including phenoxy) is 1. The second kappa shape index (κ2) is 10.4. The number of carbonyl (C=O) groups excluding carboxylic acids is 2. The van der Waals surface area contributed by atoms with E-state index in [9.17, 15) is 22.8 Å². The van der Waals surface area contributed by atoms with Crippen molar-refractivity contribution < 1.29 is 27.5 Å². The fourth-order valence-electron chi connectivity index (χ4n) is 5.07. The molecule has 1 amide bonds. The Morgan fingerprint density at radius 2 is 1.90 bits per heavy atom. The molecule has 0 aliphatic heterocycles. The Hall–Kier alpha value is -4.44. The number of nitrogens with zero attached hydrogens (tertiary/aromatic N) is 1. The Morgan fingerprint density at radius 1 is 1.13 bits per heavy atom. The van der Waals surface area contributed by atoms with Crippen molar-refractivity contribution in [3.05, 3.63) is 107 Å². The van der Waals surface area contributed by atoms with Gasteiger partial charge in [-0.25, -0.2) is 9.78 Å². The molecule has 7 nitrogen and oxygen atoms in total. The second-order valence-corrected chi connectivity index (χ2v) is 9.43. The molecule has 1 aliphatic rings. The molecule has 4 aromatic rings. The number of aromatic nitrogens is 2. The van der Waals surface area contributed by atoms with Gasteiger partial charge in [-0.1, -0.05) is 30.3 Å². The molecule has 200 valence electrons. The molecule has 0 radical (unpaired) electrons. The minimum atomic E-state index is -4.46. The van der Waals surface area contributed by atoms with Gasteiger partial charge in [-0.15, -0.1) is 0 Å². The number of benzene rings is 3. The van der Waals surface area contributed by atoms with Gasteiger partial charge < -0.3 is 20.8 Å². The summed E-state index contributed by atoms with van der Waals surface area (Å²) in [7, 11) is 0. The predicted molar refractivity (Wildman–Crippen MR) is 138 cm³/mol. The number of nitrogens with two attached hydrogens (primary N) is 1. The minimum Gasteiger partial charge on any atom is -0.423 e. The van der Waals surface area contributed by atoms with Gasteiger partial charge in [0.1, 0.15) is 11.6 Å². The van der Waals surface area contributed by atoms with Crippen molar-refractivity contribution in [2.75, 3.05) is 0 Å². The van der Waals surface area contributed by atoms with Crippen molar-refractivity contribution in [1.29, 1.82) is 0 Å². The van der Waals surface area contributed by atoms with Crippen molar-refractivity contribution >= 4 is 11.9 Å². The molecular formula is C29H25F3N4O3. The number of primary amides is 1.